The highest BCUT2D eigenvalue weighted by Crippen LogP contribution is 2.22. The standard InChI is InChI=1S/C20H23N5O4/c26-18(17-15-7-2-1-6-14(15)9-10-21-17)22-25(19(27)16-8-5-13-29-16)23-20(28)24-11-3-4-12-24/h1-2,5-8,13,17,21H,3-4,9-12H2,(H,22,26)(H,23,28). The molecule has 9 heteroatoms. The molecule has 29 heavy (non-hydrogen) atoms. The molecule has 3 heterocycles. The minimum atomic E-state index is -0.667. The third-order valence-electron chi connectivity index (χ3n) is 5.13. The Kier molecular flexibility index (Phi) is 5.48. The predicted molar refractivity (Wildman–Crippen MR) is 103 cm³/mol. The van der Waals surface area contributed by atoms with Crippen LogP contribution in [0.15, 0.2) is 47.1 Å². The number of urea groups is 1. The summed E-state index contributed by atoms with van der Waals surface area (Å²) in [6.45, 7) is 1.86. The molecule has 0 saturated carbocycles. The summed E-state index contributed by atoms with van der Waals surface area (Å²) in [6.07, 6.45) is 4.00. The van der Waals surface area contributed by atoms with E-state index in [0.717, 1.165) is 35.5 Å². The lowest BCUT2D eigenvalue weighted by molar-refractivity contribution is -0.128. The van der Waals surface area contributed by atoms with Crippen molar-refractivity contribution in [2.75, 3.05) is 19.6 Å². The van der Waals surface area contributed by atoms with Crippen molar-refractivity contribution in [2.24, 2.45) is 0 Å². The van der Waals surface area contributed by atoms with Crippen LogP contribution >= 0.6 is 0 Å². The Bertz CT molecular complexity index is 892. The highest BCUT2D eigenvalue weighted by Gasteiger charge is 2.31. The molecule has 152 valence electrons. The second-order valence-electron chi connectivity index (χ2n) is 7.04. The summed E-state index contributed by atoms with van der Waals surface area (Å²) >= 11 is 0. The van der Waals surface area contributed by atoms with Crippen LogP contribution in [0.1, 0.15) is 40.6 Å². The van der Waals surface area contributed by atoms with Crippen LogP contribution in [0.4, 0.5) is 4.79 Å². The monoisotopic (exact) mass is 397 g/mol. The second-order valence-corrected chi connectivity index (χ2v) is 7.04. The van der Waals surface area contributed by atoms with E-state index in [-0.39, 0.29) is 5.76 Å². The van der Waals surface area contributed by atoms with Crippen molar-refractivity contribution < 1.29 is 18.8 Å². The van der Waals surface area contributed by atoms with Crippen molar-refractivity contribution in [3.05, 3.63) is 59.5 Å². The number of hydrazine groups is 2. The number of nitrogens with one attached hydrogen (secondary N) is 3. The number of hydrogen-bond donors (Lipinski definition) is 3. The molecule has 1 saturated heterocycles. The highest BCUT2D eigenvalue weighted by molar-refractivity contribution is 5.95. The van der Waals surface area contributed by atoms with Gasteiger partial charge in [-0.3, -0.25) is 9.59 Å². The maximum absolute atomic E-state index is 13.0. The van der Waals surface area contributed by atoms with Crippen molar-refractivity contribution in [2.45, 2.75) is 25.3 Å². The van der Waals surface area contributed by atoms with Gasteiger partial charge in [0, 0.05) is 19.6 Å². The minimum absolute atomic E-state index is 0.00373. The molecular formula is C20H23N5O4. The van der Waals surface area contributed by atoms with E-state index >= 15 is 0 Å². The molecule has 1 atom stereocenters. The molecule has 2 aliphatic rings. The zero-order valence-electron chi connectivity index (χ0n) is 15.9. The van der Waals surface area contributed by atoms with Crippen LogP contribution in [0.25, 0.3) is 0 Å². The van der Waals surface area contributed by atoms with Gasteiger partial charge in [-0.15, -0.1) is 5.12 Å². The molecule has 1 unspecified atom stereocenters. The average Bonchev–Trinajstić information content (AvgIpc) is 3.46. The van der Waals surface area contributed by atoms with E-state index in [1.807, 2.05) is 24.3 Å². The molecule has 4 amide bonds. The van der Waals surface area contributed by atoms with Gasteiger partial charge >= 0.3 is 11.9 Å². The van der Waals surface area contributed by atoms with Gasteiger partial charge in [0.25, 0.3) is 5.91 Å². The maximum Gasteiger partial charge on any atom is 0.337 e. The van der Waals surface area contributed by atoms with Gasteiger partial charge in [0.1, 0.15) is 6.04 Å². The molecule has 1 aromatic heterocycles. The van der Waals surface area contributed by atoms with Crippen LogP contribution in [-0.4, -0.2) is 47.5 Å². The van der Waals surface area contributed by atoms with Crippen LogP contribution in [-0.2, 0) is 11.2 Å². The summed E-state index contributed by atoms with van der Waals surface area (Å²) in [6, 6.07) is 9.63. The Morgan fingerprint density at radius 2 is 1.86 bits per heavy atom. The van der Waals surface area contributed by atoms with E-state index in [1.165, 1.54) is 12.3 Å². The van der Waals surface area contributed by atoms with Gasteiger partial charge in [0.15, 0.2) is 5.76 Å². The van der Waals surface area contributed by atoms with Gasteiger partial charge in [-0.1, -0.05) is 24.3 Å². The van der Waals surface area contributed by atoms with Gasteiger partial charge in [-0.2, -0.15) is 0 Å². The first-order valence-electron chi connectivity index (χ1n) is 9.68. The molecule has 0 bridgehead atoms. The van der Waals surface area contributed by atoms with E-state index in [4.69, 9.17) is 4.42 Å². The topological polar surface area (TPSA) is 107 Å². The van der Waals surface area contributed by atoms with E-state index < -0.39 is 23.9 Å². The lowest BCUT2D eigenvalue weighted by atomic mass is 9.94. The van der Waals surface area contributed by atoms with Crippen molar-refractivity contribution in [1.82, 2.24) is 26.2 Å². The SMILES string of the molecule is O=C(NN(NC(=O)N1CCCC1)C(=O)c1ccco1)C1NCCc2ccccc21. The number of benzene rings is 1. The number of furan rings is 1. The lowest BCUT2D eigenvalue weighted by Gasteiger charge is -2.30. The van der Waals surface area contributed by atoms with Crippen molar-refractivity contribution in [3.8, 4) is 0 Å². The summed E-state index contributed by atoms with van der Waals surface area (Å²) < 4.78 is 5.14. The number of carbonyl (C=O) groups excluding carboxylic acids is 3. The Morgan fingerprint density at radius 1 is 1.07 bits per heavy atom. The summed E-state index contributed by atoms with van der Waals surface area (Å²) in [4.78, 5) is 39.9. The molecule has 0 radical (unpaired) electrons. The summed E-state index contributed by atoms with van der Waals surface area (Å²) in [7, 11) is 0. The summed E-state index contributed by atoms with van der Waals surface area (Å²) in [5.41, 5.74) is 6.96. The van der Waals surface area contributed by atoms with E-state index in [2.05, 4.69) is 16.2 Å². The number of fused-ring (bicyclic) bond motifs is 1. The van der Waals surface area contributed by atoms with E-state index in [9.17, 15) is 14.4 Å². The molecule has 0 spiro atoms. The largest absolute Gasteiger partial charge is 0.459 e. The average molecular weight is 397 g/mol. The molecule has 0 aliphatic carbocycles. The number of amides is 4. The number of nitrogens with zero attached hydrogens (tertiary/aromatic N) is 2. The lowest BCUT2D eigenvalue weighted by Crippen LogP contribution is -2.60. The highest BCUT2D eigenvalue weighted by atomic mass is 16.3. The first-order valence-corrected chi connectivity index (χ1v) is 9.68. The van der Waals surface area contributed by atoms with Gasteiger partial charge in [-0.25, -0.2) is 15.6 Å². The molecule has 1 fully saturated rings. The van der Waals surface area contributed by atoms with Crippen LogP contribution in [0.3, 0.4) is 0 Å². The number of likely N-dealkylation sites (tertiary alicyclic amines) is 1. The van der Waals surface area contributed by atoms with Crippen molar-refractivity contribution in [1.29, 1.82) is 0 Å². The fourth-order valence-corrected chi connectivity index (χ4v) is 3.64. The van der Waals surface area contributed by atoms with Crippen LogP contribution < -0.4 is 16.2 Å². The van der Waals surface area contributed by atoms with Gasteiger partial charge in [0.2, 0.25) is 0 Å². The maximum atomic E-state index is 13.0. The normalized spacial score (nSPS) is 18.1. The first-order chi connectivity index (χ1) is 14.1. The molecule has 2 aliphatic heterocycles. The Hall–Kier alpha value is -3.33. The zero-order chi connectivity index (χ0) is 20.2. The zero-order valence-corrected chi connectivity index (χ0v) is 15.9. The quantitative estimate of drug-likeness (QED) is 0.664. The molecule has 4 rings (SSSR count). The van der Waals surface area contributed by atoms with E-state index in [1.54, 1.807) is 11.0 Å². The van der Waals surface area contributed by atoms with Crippen LogP contribution in [0.2, 0.25) is 0 Å². The third kappa shape index (κ3) is 4.09. The smallest absolute Gasteiger partial charge is 0.337 e. The molecule has 9 nitrogen and oxygen atoms in total. The van der Waals surface area contributed by atoms with Crippen LogP contribution in [0, 0.1) is 0 Å². The van der Waals surface area contributed by atoms with Gasteiger partial charge in [-0.05, 0) is 42.5 Å². The Labute approximate surface area is 168 Å². The number of carbonyl (C=O) groups is 3. The summed E-state index contributed by atoms with van der Waals surface area (Å²) in [5.74, 6) is -1.11. The fourth-order valence-electron chi connectivity index (χ4n) is 3.64. The van der Waals surface area contributed by atoms with Crippen molar-refractivity contribution in [3.63, 3.8) is 0 Å². The minimum Gasteiger partial charge on any atom is -0.459 e. The summed E-state index contributed by atoms with van der Waals surface area (Å²) in [5, 5.41) is 3.97. The molecule has 2 aromatic rings. The molecular weight excluding hydrogens is 374 g/mol. The first kappa shape index (κ1) is 19.0. The number of hydrogen-bond acceptors (Lipinski definition) is 5. The van der Waals surface area contributed by atoms with E-state index in [0.29, 0.717) is 19.6 Å². The number of rotatable bonds is 2. The Balaban J connectivity index is 1.52. The second kappa shape index (κ2) is 8.36. The predicted octanol–water partition coefficient (Wildman–Crippen LogP) is 1.36. The van der Waals surface area contributed by atoms with Gasteiger partial charge in [0.05, 0.1) is 6.26 Å². The Morgan fingerprint density at radius 3 is 2.62 bits per heavy atom. The fraction of sp³-hybridized carbons (Fsp3) is 0.350. The van der Waals surface area contributed by atoms with Gasteiger partial charge < -0.3 is 14.6 Å². The third-order valence-corrected chi connectivity index (χ3v) is 5.13. The molecule has 3 N–H and O–H groups in total. The molecule has 1 aromatic carbocycles. The van der Waals surface area contributed by atoms with Crippen LogP contribution in [0.5, 0.6) is 0 Å². The van der Waals surface area contributed by atoms with Crippen molar-refractivity contribution >= 4 is 17.8 Å².